The summed E-state index contributed by atoms with van der Waals surface area (Å²) in [7, 11) is 0. The molecule has 20 heavy (non-hydrogen) atoms. The maximum absolute atomic E-state index is 11.6. The van der Waals surface area contributed by atoms with Gasteiger partial charge in [0.15, 0.2) is 0 Å². The standard InChI is InChI=1S/C15H16BrN3O/c16-14-5-3-12(4-6-14)7-9-18-15(20)19-11-13-2-1-8-17-10-13/h1-6,8,10H,7,9,11H2,(H2,18,19,20). The summed E-state index contributed by atoms with van der Waals surface area (Å²) in [6.45, 7) is 1.10. The minimum Gasteiger partial charge on any atom is -0.338 e. The molecule has 1 aromatic heterocycles. The number of nitrogens with one attached hydrogen (secondary N) is 2. The van der Waals surface area contributed by atoms with Crippen LogP contribution in [0.3, 0.4) is 0 Å². The van der Waals surface area contributed by atoms with Gasteiger partial charge in [-0.25, -0.2) is 4.79 Å². The molecule has 0 radical (unpaired) electrons. The van der Waals surface area contributed by atoms with Crippen molar-refractivity contribution in [3.05, 3.63) is 64.4 Å². The lowest BCUT2D eigenvalue weighted by atomic mass is 10.1. The van der Waals surface area contributed by atoms with Crippen LogP contribution in [0.15, 0.2) is 53.3 Å². The molecule has 0 aliphatic carbocycles. The fourth-order valence-corrected chi connectivity index (χ4v) is 1.98. The van der Waals surface area contributed by atoms with Crippen LogP contribution >= 0.6 is 15.9 Å². The number of carbonyl (C=O) groups is 1. The molecule has 2 aromatic rings. The number of halogens is 1. The Labute approximate surface area is 126 Å². The highest BCUT2D eigenvalue weighted by Gasteiger charge is 2.00. The first-order valence-corrected chi connectivity index (χ1v) is 7.18. The van der Waals surface area contributed by atoms with E-state index in [0.717, 1.165) is 16.5 Å². The van der Waals surface area contributed by atoms with Crippen molar-refractivity contribution in [2.75, 3.05) is 6.54 Å². The fourth-order valence-electron chi connectivity index (χ4n) is 1.72. The van der Waals surface area contributed by atoms with E-state index < -0.39 is 0 Å². The number of aromatic nitrogens is 1. The molecule has 0 aliphatic rings. The molecule has 104 valence electrons. The molecule has 2 amide bonds. The highest BCUT2D eigenvalue weighted by Crippen LogP contribution is 2.10. The lowest BCUT2D eigenvalue weighted by Gasteiger charge is -2.07. The van der Waals surface area contributed by atoms with Crippen LogP contribution < -0.4 is 10.6 Å². The molecule has 5 heteroatoms. The van der Waals surface area contributed by atoms with E-state index in [9.17, 15) is 4.79 Å². The van der Waals surface area contributed by atoms with Crippen LogP contribution in [-0.2, 0) is 13.0 Å². The van der Waals surface area contributed by atoms with Crippen LogP contribution in [-0.4, -0.2) is 17.6 Å². The van der Waals surface area contributed by atoms with Gasteiger partial charge in [-0.05, 0) is 35.7 Å². The van der Waals surface area contributed by atoms with Gasteiger partial charge in [-0.2, -0.15) is 0 Å². The number of hydrogen-bond acceptors (Lipinski definition) is 2. The predicted octanol–water partition coefficient (Wildman–Crippen LogP) is 2.89. The number of amides is 2. The summed E-state index contributed by atoms with van der Waals surface area (Å²) in [5.41, 5.74) is 2.18. The van der Waals surface area contributed by atoms with Crippen LogP contribution in [0.4, 0.5) is 4.79 Å². The van der Waals surface area contributed by atoms with Crippen LogP contribution in [0.2, 0.25) is 0 Å². The highest BCUT2D eigenvalue weighted by molar-refractivity contribution is 9.10. The van der Waals surface area contributed by atoms with Gasteiger partial charge < -0.3 is 10.6 Å². The first-order valence-electron chi connectivity index (χ1n) is 6.39. The Bertz CT molecular complexity index is 543. The molecule has 0 saturated heterocycles. The number of hydrogen-bond donors (Lipinski definition) is 2. The Balaban J connectivity index is 1.66. The van der Waals surface area contributed by atoms with Gasteiger partial charge in [0.25, 0.3) is 0 Å². The van der Waals surface area contributed by atoms with Crippen molar-refractivity contribution in [2.24, 2.45) is 0 Å². The van der Waals surface area contributed by atoms with E-state index in [0.29, 0.717) is 13.1 Å². The first kappa shape index (κ1) is 14.5. The Kier molecular flexibility index (Phi) is 5.55. The van der Waals surface area contributed by atoms with Gasteiger partial charge in [0.1, 0.15) is 0 Å². The van der Waals surface area contributed by atoms with E-state index in [-0.39, 0.29) is 6.03 Å². The number of nitrogens with zero attached hydrogens (tertiary/aromatic N) is 1. The van der Waals surface area contributed by atoms with Gasteiger partial charge >= 0.3 is 6.03 Å². The molecule has 4 nitrogen and oxygen atoms in total. The topological polar surface area (TPSA) is 54.0 Å². The van der Waals surface area contributed by atoms with Crippen LogP contribution in [0.1, 0.15) is 11.1 Å². The number of carbonyl (C=O) groups excluding carboxylic acids is 1. The van der Waals surface area contributed by atoms with Gasteiger partial charge in [0.05, 0.1) is 0 Å². The minimum atomic E-state index is -0.161. The van der Waals surface area contributed by atoms with Crippen molar-refractivity contribution in [1.29, 1.82) is 0 Å². The summed E-state index contributed by atoms with van der Waals surface area (Å²) in [4.78, 5) is 15.6. The average molecular weight is 334 g/mol. The van der Waals surface area contributed by atoms with Crippen molar-refractivity contribution >= 4 is 22.0 Å². The van der Waals surface area contributed by atoms with Gasteiger partial charge in [0.2, 0.25) is 0 Å². The van der Waals surface area contributed by atoms with E-state index in [4.69, 9.17) is 0 Å². The molecule has 1 aromatic carbocycles. The fraction of sp³-hybridized carbons (Fsp3) is 0.200. The van der Waals surface area contributed by atoms with E-state index in [1.54, 1.807) is 12.4 Å². The largest absolute Gasteiger partial charge is 0.338 e. The van der Waals surface area contributed by atoms with Gasteiger partial charge in [-0.15, -0.1) is 0 Å². The maximum Gasteiger partial charge on any atom is 0.315 e. The molecular formula is C15H16BrN3O. The molecule has 0 bridgehead atoms. The van der Waals surface area contributed by atoms with Crippen LogP contribution in [0.5, 0.6) is 0 Å². The Morgan fingerprint density at radius 1 is 1.10 bits per heavy atom. The number of urea groups is 1. The number of benzene rings is 1. The van der Waals surface area contributed by atoms with Crippen LogP contribution in [0, 0.1) is 0 Å². The van der Waals surface area contributed by atoms with E-state index in [1.807, 2.05) is 36.4 Å². The summed E-state index contributed by atoms with van der Waals surface area (Å²) in [5, 5.41) is 5.63. The lowest BCUT2D eigenvalue weighted by molar-refractivity contribution is 0.240. The molecule has 1 heterocycles. The van der Waals surface area contributed by atoms with Crippen molar-refractivity contribution in [1.82, 2.24) is 15.6 Å². The zero-order valence-electron chi connectivity index (χ0n) is 11.0. The first-order chi connectivity index (χ1) is 9.74. The summed E-state index contributed by atoms with van der Waals surface area (Å²) < 4.78 is 1.06. The normalized spacial score (nSPS) is 10.1. The second kappa shape index (κ2) is 7.65. The summed E-state index contributed by atoms with van der Waals surface area (Å²) in [5.74, 6) is 0. The summed E-state index contributed by atoms with van der Waals surface area (Å²) in [6, 6.07) is 11.7. The molecule has 0 saturated carbocycles. The summed E-state index contributed by atoms with van der Waals surface area (Å²) >= 11 is 3.39. The maximum atomic E-state index is 11.6. The molecule has 2 N–H and O–H groups in total. The molecule has 0 fully saturated rings. The molecule has 0 aliphatic heterocycles. The molecule has 0 unspecified atom stereocenters. The van der Waals surface area contributed by atoms with E-state index >= 15 is 0 Å². The SMILES string of the molecule is O=C(NCCc1ccc(Br)cc1)NCc1cccnc1. The number of rotatable bonds is 5. The average Bonchev–Trinajstić information content (AvgIpc) is 2.48. The van der Waals surface area contributed by atoms with Crippen molar-refractivity contribution < 1.29 is 4.79 Å². The zero-order chi connectivity index (χ0) is 14.2. The van der Waals surface area contributed by atoms with Crippen molar-refractivity contribution in [2.45, 2.75) is 13.0 Å². The van der Waals surface area contributed by atoms with Gasteiger partial charge in [-0.3, -0.25) is 4.98 Å². The number of pyridine rings is 1. The molecule has 0 spiro atoms. The Morgan fingerprint density at radius 3 is 2.60 bits per heavy atom. The third-order valence-corrected chi connectivity index (χ3v) is 3.32. The zero-order valence-corrected chi connectivity index (χ0v) is 12.6. The van der Waals surface area contributed by atoms with Gasteiger partial charge in [0, 0.05) is 30.0 Å². The Hall–Kier alpha value is -1.88. The van der Waals surface area contributed by atoms with Gasteiger partial charge in [-0.1, -0.05) is 34.1 Å². The van der Waals surface area contributed by atoms with E-state index in [2.05, 4.69) is 31.5 Å². The van der Waals surface area contributed by atoms with Crippen molar-refractivity contribution in [3.8, 4) is 0 Å². The highest BCUT2D eigenvalue weighted by atomic mass is 79.9. The second-order valence-electron chi connectivity index (χ2n) is 4.35. The second-order valence-corrected chi connectivity index (χ2v) is 5.26. The van der Waals surface area contributed by atoms with Crippen LogP contribution in [0.25, 0.3) is 0 Å². The van der Waals surface area contributed by atoms with E-state index in [1.165, 1.54) is 5.56 Å². The molecule has 0 atom stereocenters. The third kappa shape index (κ3) is 5.01. The quantitative estimate of drug-likeness (QED) is 0.883. The van der Waals surface area contributed by atoms with Crippen molar-refractivity contribution in [3.63, 3.8) is 0 Å². The smallest absolute Gasteiger partial charge is 0.315 e. The predicted molar refractivity (Wildman–Crippen MR) is 82.3 cm³/mol. The third-order valence-electron chi connectivity index (χ3n) is 2.79. The molecule has 2 rings (SSSR count). The molecular weight excluding hydrogens is 318 g/mol. The minimum absolute atomic E-state index is 0.161. The summed E-state index contributed by atoms with van der Waals surface area (Å²) in [6.07, 6.45) is 4.26. The monoisotopic (exact) mass is 333 g/mol. The Morgan fingerprint density at radius 2 is 1.90 bits per heavy atom. The lowest BCUT2D eigenvalue weighted by Crippen LogP contribution is -2.36.